The maximum absolute atomic E-state index is 12.7. The molecule has 160 valence electrons. The Kier molecular flexibility index (Phi) is 6.54. The zero-order valence-electron chi connectivity index (χ0n) is 17.9. The van der Waals surface area contributed by atoms with Gasteiger partial charge in [-0.1, -0.05) is 23.7 Å². The minimum Gasteiger partial charge on any atom is -0.347 e. The van der Waals surface area contributed by atoms with Crippen LogP contribution < -0.4 is 4.90 Å². The summed E-state index contributed by atoms with van der Waals surface area (Å²) in [5, 5.41) is 0.706. The molecule has 2 aliphatic heterocycles. The molecule has 2 aromatic rings. The summed E-state index contributed by atoms with van der Waals surface area (Å²) in [4.78, 5) is 28.4. The van der Waals surface area contributed by atoms with Crippen LogP contribution in [-0.4, -0.2) is 72.5 Å². The fraction of sp³-hybridized carbons (Fsp3) is 0.522. The second kappa shape index (κ2) is 9.31. The van der Waals surface area contributed by atoms with Crippen molar-refractivity contribution in [3.05, 3.63) is 41.2 Å². The number of aromatic nitrogens is 2. The topological polar surface area (TPSA) is 52.6 Å². The molecule has 0 unspecified atom stereocenters. The van der Waals surface area contributed by atoms with Crippen LogP contribution in [0.4, 0.5) is 5.95 Å². The van der Waals surface area contributed by atoms with E-state index in [4.69, 9.17) is 16.6 Å². The molecular formula is C23H30ClN5O. The largest absolute Gasteiger partial charge is 0.347 e. The van der Waals surface area contributed by atoms with Crippen LogP contribution in [-0.2, 0) is 4.79 Å². The number of carbonyl (C=O) groups excluding carboxylic acids is 1. The average molecular weight is 428 g/mol. The van der Waals surface area contributed by atoms with E-state index in [0.29, 0.717) is 23.4 Å². The number of halogens is 1. The molecule has 0 aliphatic carbocycles. The van der Waals surface area contributed by atoms with E-state index in [9.17, 15) is 4.79 Å². The lowest BCUT2D eigenvalue weighted by Crippen LogP contribution is -2.43. The Bertz CT molecular complexity index is 889. The first kappa shape index (κ1) is 21.1. The van der Waals surface area contributed by atoms with Gasteiger partial charge in [-0.15, -0.1) is 0 Å². The van der Waals surface area contributed by atoms with Gasteiger partial charge in [-0.3, -0.25) is 9.69 Å². The summed E-state index contributed by atoms with van der Waals surface area (Å²) in [7, 11) is 3.91. The van der Waals surface area contributed by atoms with Gasteiger partial charge in [0.1, 0.15) is 0 Å². The van der Waals surface area contributed by atoms with Crippen LogP contribution in [0.15, 0.2) is 30.5 Å². The number of piperidine rings is 1. The van der Waals surface area contributed by atoms with Crippen molar-refractivity contribution in [1.82, 2.24) is 19.8 Å². The third-order valence-electron chi connectivity index (χ3n) is 6.13. The van der Waals surface area contributed by atoms with Gasteiger partial charge in [0.2, 0.25) is 11.9 Å². The minimum absolute atomic E-state index is 0.266. The summed E-state index contributed by atoms with van der Waals surface area (Å²) in [5.41, 5.74) is 3.13. The fourth-order valence-electron chi connectivity index (χ4n) is 4.42. The van der Waals surface area contributed by atoms with Crippen LogP contribution in [0, 0.1) is 0 Å². The van der Waals surface area contributed by atoms with Crippen LogP contribution in [0.5, 0.6) is 0 Å². The van der Waals surface area contributed by atoms with Gasteiger partial charge in [-0.05, 0) is 56.5 Å². The van der Waals surface area contributed by atoms with Crippen molar-refractivity contribution in [3.63, 3.8) is 0 Å². The number of amides is 1. The predicted molar refractivity (Wildman–Crippen MR) is 121 cm³/mol. The van der Waals surface area contributed by atoms with Gasteiger partial charge in [-0.25, -0.2) is 9.97 Å². The number of nitrogens with zero attached hydrogens (tertiary/aromatic N) is 5. The van der Waals surface area contributed by atoms with Gasteiger partial charge < -0.3 is 9.80 Å². The number of hydrogen-bond acceptors (Lipinski definition) is 5. The molecule has 1 amide bonds. The molecule has 4 rings (SSSR count). The summed E-state index contributed by atoms with van der Waals surface area (Å²) < 4.78 is 0. The summed E-state index contributed by atoms with van der Waals surface area (Å²) >= 11 is 6.24. The Morgan fingerprint density at radius 3 is 2.57 bits per heavy atom. The first-order valence-corrected chi connectivity index (χ1v) is 11.2. The summed E-state index contributed by atoms with van der Waals surface area (Å²) in [6.45, 7) is 4.25. The first-order chi connectivity index (χ1) is 14.5. The highest BCUT2D eigenvalue weighted by molar-refractivity contribution is 6.30. The standard InChI is InChI=1S/C23H30ClN5O/c1-27(2)23-25-15-20(18-6-5-7-19(24)14-18)22(26-23)17-8-12-29(13-9-17)21(30)16-28-10-3-4-11-28/h5-7,14-15,17H,3-4,8-13,16H2,1-2H3. The monoisotopic (exact) mass is 427 g/mol. The zero-order chi connectivity index (χ0) is 21.1. The molecule has 30 heavy (non-hydrogen) atoms. The van der Waals surface area contributed by atoms with E-state index >= 15 is 0 Å². The van der Waals surface area contributed by atoms with E-state index < -0.39 is 0 Å². The van der Waals surface area contributed by atoms with Gasteiger partial charge in [0.25, 0.3) is 0 Å². The van der Waals surface area contributed by atoms with E-state index in [1.165, 1.54) is 12.8 Å². The molecule has 7 heteroatoms. The number of carbonyl (C=O) groups is 1. The van der Waals surface area contributed by atoms with E-state index in [1.807, 2.05) is 48.3 Å². The Morgan fingerprint density at radius 1 is 1.17 bits per heavy atom. The molecular weight excluding hydrogens is 398 g/mol. The number of rotatable bonds is 5. The molecule has 0 saturated carbocycles. The molecule has 6 nitrogen and oxygen atoms in total. The van der Waals surface area contributed by atoms with Crippen LogP contribution in [0.25, 0.3) is 11.1 Å². The van der Waals surface area contributed by atoms with Crippen LogP contribution in [0.3, 0.4) is 0 Å². The van der Waals surface area contributed by atoms with E-state index in [1.54, 1.807) is 0 Å². The number of hydrogen-bond donors (Lipinski definition) is 0. The lowest BCUT2D eigenvalue weighted by Gasteiger charge is -2.33. The molecule has 0 N–H and O–H groups in total. The molecule has 0 bridgehead atoms. The van der Waals surface area contributed by atoms with Gasteiger partial charge >= 0.3 is 0 Å². The number of anilines is 1. The van der Waals surface area contributed by atoms with Crippen molar-refractivity contribution >= 4 is 23.5 Å². The molecule has 2 saturated heterocycles. The first-order valence-electron chi connectivity index (χ1n) is 10.8. The normalized spacial score (nSPS) is 18.0. The van der Waals surface area contributed by atoms with Gasteiger partial charge in [0.05, 0.1) is 12.2 Å². The second-order valence-corrected chi connectivity index (χ2v) is 8.95. The van der Waals surface area contributed by atoms with Crippen molar-refractivity contribution in [1.29, 1.82) is 0 Å². The lowest BCUT2D eigenvalue weighted by molar-refractivity contribution is -0.133. The highest BCUT2D eigenvalue weighted by Crippen LogP contribution is 2.35. The highest BCUT2D eigenvalue weighted by Gasteiger charge is 2.28. The Morgan fingerprint density at radius 2 is 1.90 bits per heavy atom. The van der Waals surface area contributed by atoms with Crippen molar-refractivity contribution < 1.29 is 4.79 Å². The van der Waals surface area contributed by atoms with Crippen LogP contribution >= 0.6 is 11.6 Å². The van der Waals surface area contributed by atoms with Crippen LogP contribution in [0.1, 0.15) is 37.3 Å². The molecule has 2 fully saturated rings. The quantitative estimate of drug-likeness (QED) is 0.728. The van der Waals surface area contributed by atoms with Crippen molar-refractivity contribution in [2.24, 2.45) is 0 Å². The SMILES string of the molecule is CN(C)c1ncc(-c2cccc(Cl)c2)c(C2CCN(C(=O)CN3CCCC3)CC2)n1. The average Bonchev–Trinajstić information content (AvgIpc) is 3.26. The van der Waals surface area contributed by atoms with E-state index in [0.717, 1.165) is 55.8 Å². The summed E-state index contributed by atoms with van der Waals surface area (Å²) in [5.74, 6) is 1.28. The van der Waals surface area contributed by atoms with Crippen molar-refractivity contribution in [3.8, 4) is 11.1 Å². The van der Waals surface area contributed by atoms with E-state index in [2.05, 4.69) is 16.0 Å². The maximum atomic E-state index is 12.7. The molecule has 2 aliphatic rings. The highest BCUT2D eigenvalue weighted by atomic mass is 35.5. The van der Waals surface area contributed by atoms with E-state index in [-0.39, 0.29) is 5.91 Å². The third-order valence-corrected chi connectivity index (χ3v) is 6.37. The maximum Gasteiger partial charge on any atom is 0.236 e. The van der Waals surface area contributed by atoms with Crippen LogP contribution in [0.2, 0.25) is 5.02 Å². The van der Waals surface area contributed by atoms with Gasteiger partial charge in [-0.2, -0.15) is 0 Å². The number of likely N-dealkylation sites (tertiary alicyclic amines) is 2. The minimum atomic E-state index is 0.266. The molecule has 0 atom stereocenters. The molecule has 1 aromatic carbocycles. The molecule has 0 radical (unpaired) electrons. The predicted octanol–water partition coefficient (Wildman–Crippen LogP) is 3.66. The fourth-order valence-corrected chi connectivity index (χ4v) is 4.61. The number of benzene rings is 1. The van der Waals surface area contributed by atoms with Gasteiger partial charge in [0.15, 0.2) is 0 Å². The second-order valence-electron chi connectivity index (χ2n) is 8.51. The molecule has 1 aromatic heterocycles. The van der Waals surface area contributed by atoms with Crippen molar-refractivity contribution in [2.45, 2.75) is 31.6 Å². The summed E-state index contributed by atoms with van der Waals surface area (Å²) in [6.07, 6.45) is 6.17. The molecule has 3 heterocycles. The Hall–Kier alpha value is -2.18. The molecule has 0 spiro atoms. The summed E-state index contributed by atoms with van der Waals surface area (Å²) in [6, 6.07) is 7.86. The zero-order valence-corrected chi connectivity index (χ0v) is 18.6. The van der Waals surface area contributed by atoms with Gasteiger partial charge in [0, 0.05) is 49.9 Å². The third kappa shape index (κ3) is 4.76. The van der Waals surface area contributed by atoms with Crippen molar-refractivity contribution in [2.75, 3.05) is 51.7 Å². The Labute approximate surface area is 183 Å². The smallest absolute Gasteiger partial charge is 0.236 e. The lowest BCUT2D eigenvalue weighted by atomic mass is 9.89. The Balaban J connectivity index is 1.51.